The Morgan fingerprint density at radius 2 is 2.00 bits per heavy atom. The molecule has 0 N–H and O–H groups in total. The Kier molecular flexibility index (Phi) is 5.51. The average Bonchev–Trinajstić information content (AvgIpc) is 3.04. The molecule has 0 aliphatic carbocycles. The maximum Gasteiger partial charge on any atom is 0.436 e. The number of esters is 2. The second-order valence-electron chi connectivity index (χ2n) is 4.76. The molecule has 0 amide bonds. The van der Waals surface area contributed by atoms with E-state index in [0.29, 0.717) is 4.43 Å². The molecule has 0 bridgehead atoms. The number of alkyl halides is 1. The molecule has 1 aliphatic heterocycles. The second-order valence-corrected chi connectivity index (χ2v) is 5.64. The summed E-state index contributed by atoms with van der Waals surface area (Å²) in [5.41, 5.74) is 0. The summed E-state index contributed by atoms with van der Waals surface area (Å²) in [6.45, 7) is 2.42. The Balaban J connectivity index is 2.39. The van der Waals surface area contributed by atoms with Crippen LogP contribution in [-0.2, 0) is 23.8 Å². The van der Waals surface area contributed by atoms with E-state index in [2.05, 4.69) is 4.98 Å². The largest absolute Gasteiger partial charge is 0.456 e. The van der Waals surface area contributed by atoms with Gasteiger partial charge >= 0.3 is 17.9 Å². The van der Waals surface area contributed by atoms with E-state index in [-0.39, 0.29) is 0 Å². The van der Waals surface area contributed by atoms with Crippen LogP contribution >= 0.6 is 22.6 Å². The zero-order valence-corrected chi connectivity index (χ0v) is 14.4. The van der Waals surface area contributed by atoms with Crippen LogP contribution in [0, 0.1) is 10.1 Å². The molecule has 4 atom stereocenters. The van der Waals surface area contributed by atoms with Crippen molar-refractivity contribution in [2.75, 3.05) is 4.43 Å². The number of imidazole rings is 1. The van der Waals surface area contributed by atoms with E-state index < -0.39 is 47.4 Å². The fourth-order valence-electron chi connectivity index (χ4n) is 2.35. The van der Waals surface area contributed by atoms with Crippen LogP contribution in [0.1, 0.15) is 20.1 Å². The lowest BCUT2D eigenvalue weighted by Crippen LogP contribution is -2.39. The van der Waals surface area contributed by atoms with Crippen LogP contribution in [0.5, 0.6) is 0 Å². The lowest BCUT2D eigenvalue weighted by atomic mass is 10.1. The summed E-state index contributed by atoms with van der Waals surface area (Å²) in [6.07, 6.45) is -0.865. The lowest BCUT2D eigenvalue weighted by Gasteiger charge is -2.22. The van der Waals surface area contributed by atoms with Crippen LogP contribution in [0.4, 0.5) is 5.95 Å². The molecular weight excluding hydrogens is 425 g/mol. The minimum atomic E-state index is -1.01. The molecule has 10 nitrogen and oxygen atoms in total. The fourth-order valence-corrected chi connectivity index (χ4v) is 3.06. The highest BCUT2D eigenvalue weighted by molar-refractivity contribution is 14.1. The van der Waals surface area contributed by atoms with Crippen molar-refractivity contribution in [2.24, 2.45) is 0 Å². The fraction of sp³-hybridized carbons (Fsp3) is 0.583. The summed E-state index contributed by atoms with van der Waals surface area (Å²) in [6, 6.07) is 0. The first kappa shape index (κ1) is 17.6. The van der Waals surface area contributed by atoms with Gasteiger partial charge in [-0.1, -0.05) is 27.6 Å². The van der Waals surface area contributed by atoms with Crippen LogP contribution in [0.15, 0.2) is 12.4 Å². The van der Waals surface area contributed by atoms with Gasteiger partial charge in [0.2, 0.25) is 6.23 Å². The Hall–Kier alpha value is -1.76. The molecule has 2 heterocycles. The maximum atomic E-state index is 11.4. The van der Waals surface area contributed by atoms with Gasteiger partial charge in [0.25, 0.3) is 0 Å². The number of hydrogen-bond acceptors (Lipinski definition) is 8. The number of aromatic nitrogens is 2. The molecule has 0 radical (unpaired) electrons. The molecule has 0 aromatic carbocycles. The van der Waals surface area contributed by atoms with E-state index in [1.807, 2.05) is 22.6 Å². The number of ether oxygens (including phenoxy) is 3. The van der Waals surface area contributed by atoms with Gasteiger partial charge in [-0.2, -0.15) is 4.57 Å². The van der Waals surface area contributed by atoms with Crippen molar-refractivity contribution >= 4 is 40.5 Å². The third-order valence-electron chi connectivity index (χ3n) is 3.13. The standard InChI is InChI=1S/C12H14IN3O7/c1-6(17)21-9-8(5-13)23-11(10(9)22-7(2)18)15-4-3-14-12(15)16(19)20/h3-4,8-11H,5H2,1-2H3/t8-,9-,10+,11-/m1/s1. The number of rotatable bonds is 5. The summed E-state index contributed by atoms with van der Waals surface area (Å²) in [5.74, 6) is -1.63. The first-order valence-electron chi connectivity index (χ1n) is 6.58. The predicted molar refractivity (Wildman–Crippen MR) is 82.8 cm³/mol. The van der Waals surface area contributed by atoms with Gasteiger partial charge < -0.3 is 24.3 Å². The average molecular weight is 439 g/mol. The van der Waals surface area contributed by atoms with Gasteiger partial charge in [0.1, 0.15) is 18.5 Å². The van der Waals surface area contributed by atoms with E-state index >= 15 is 0 Å². The highest BCUT2D eigenvalue weighted by Crippen LogP contribution is 2.36. The van der Waals surface area contributed by atoms with Gasteiger partial charge in [-0.3, -0.25) is 9.59 Å². The summed E-state index contributed by atoms with van der Waals surface area (Å²) in [5, 5.41) is 11.1. The molecule has 23 heavy (non-hydrogen) atoms. The number of carbonyl (C=O) groups is 2. The molecule has 1 aliphatic rings. The third-order valence-corrected chi connectivity index (χ3v) is 4.00. The van der Waals surface area contributed by atoms with Crippen molar-refractivity contribution < 1.29 is 28.7 Å². The maximum absolute atomic E-state index is 11.4. The number of hydrogen-bond donors (Lipinski definition) is 0. The summed E-state index contributed by atoms with van der Waals surface area (Å²) in [7, 11) is 0. The highest BCUT2D eigenvalue weighted by atomic mass is 127. The minimum Gasteiger partial charge on any atom is -0.456 e. The summed E-state index contributed by atoms with van der Waals surface area (Å²) in [4.78, 5) is 36.7. The predicted octanol–water partition coefficient (Wildman–Crippen LogP) is 0.987. The molecule has 0 spiro atoms. The van der Waals surface area contributed by atoms with Crippen molar-refractivity contribution in [1.29, 1.82) is 0 Å². The van der Waals surface area contributed by atoms with Crippen molar-refractivity contribution in [3.63, 3.8) is 0 Å². The topological polar surface area (TPSA) is 123 Å². The van der Waals surface area contributed by atoms with Crippen LogP contribution in [0.25, 0.3) is 0 Å². The SMILES string of the molecule is CC(=O)O[C@H]1[C@H](OC(C)=O)[C@@H](CI)O[C@H]1n1ccnc1[N+](=O)[O-]. The van der Waals surface area contributed by atoms with Crippen LogP contribution in [0.3, 0.4) is 0 Å². The first-order chi connectivity index (χ1) is 10.8. The number of nitro groups is 1. The third kappa shape index (κ3) is 3.77. The van der Waals surface area contributed by atoms with Crippen molar-refractivity contribution in [2.45, 2.75) is 38.4 Å². The molecule has 126 valence electrons. The molecule has 0 unspecified atom stereocenters. The van der Waals surface area contributed by atoms with E-state index in [1.54, 1.807) is 0 Å². The molecule has 2 rings (SSSR count). The Labute approximate surface area is 144 Å². The molecule has 1 saturated heterocycles. The van der Waals surface area contributed by atoms with Crippen molar-refractivity contribution in [3.05, 3.63) is 22.5 Å². The molecular formula is C12H14IN3O7. The van der Waals surface area contributed by atoms with Crippen LogP contribution in [-0.4, -0.2) is 49.2 Å². The number of halogens is 1. The lowest BCUT2D eigenvalue weighted by molar-refractivity contribution is -0.398. The van der Waals surface area contributed by atoms with Gasteiger partial charge in [0.15, 0.2) is 12.2 Å². The Morgan fingerprint density at radius 1 is 1.39 bits per heavy atom. The Morgan fingerprint density at radius 3 is 2.52 bits per heavy atom. The number of carbonyl (C=O) groups excluding carboxylic acids is 2. The quantitative estimate of drug-likeness (QED) is 0.219. The van der Waals surface area contributed by atoms with Crippen LogP contribution < -0.4 is 0 Å². The smallest absolute Gasteiger partial charge is 0.436 e. The van der Waals surface area contributed by atoms with Crippen molar-refractivity contribution in [1.82, 2.24) is 9.55 Å². The van der Waals surface area contributed by atoms with E-state index in [1.165, 1.54) is 26.2 Å². The number of nitrogens with zero attached hydrogens (tertiary/aromatic N) is 3. The molecule has 1 aromatic rings. The second kappa shape index (κ2) is 7.21. The molecule has 11 heteroatoms. The van der Waals surface area contributed by atoms with E-state index in [0.717, 1.165) is 4.57 Å². The van der Waals surface area contributed by atoms with Gasteiger partial charge in [0.05, 0.1) is 0 Å². The molecule has 1 fully saturated rings. The first-order valence-corrected chi connectivity index (χ1v) is 8.10. The van der Waals surface area contributed by atoms with Gasteiger partial charge in [-0.25, -0.2) is 0 Å². The molecule has 1 aromatic heterocycles. The van der Waals surface area contributed by atoms with E-state index in [9.17, 15) is 19.7 Å². The van der Waals surface area contributed by atoms with E-state index in [4.69, 9.17) is 14.2 Å². The summed E-state index contributed by atoms with van der Waals surface area (Å²) < 4.78 is 17.7. The zero-order valence-electron chi connectivity index (χ0n) is 12.2. The summed E-state index contributed by atoms with van der Waals surface area (Å²) >= 11 is 2.03. The highest BCUT2D eigenvalue weighted by Gasteiger charge is 2.52. The van der Waals surface area contributed by atoms with Gasteiger partial charge in [-0.05, 0) is 4.92 Å². The monoisotopic (exact) mass is 439 g/mol. The van der Waals surface area contributed by atoms with Gasteiger partial charge in [0, 0.05) is 18.3 Å². The van der Waals surface area contributed by atoms with Crippen molar-refractivity contribution in [3.8, 4) is 0 Å². The molecule has 0 saturated carbocycles. The van der Waals surface area contributed by atoms with Gasteiger partial charge in [-0.15, -0.1) is 0 Å². The Bertz CT molecular complexity index is 620. The normalized spacial score (nSPS) is 26.7. The zero-order chi connectivity index (χ0) is 17.1. The minimum absolute atomic E-state index is 0.437. The van der Waals surface area contributed by atoms with Crippen LogP contribution in [0.2, 0.25) is 0 Å².